The van der Waals surface area contributed by atoms with Gasteiger partial charge in [-0.05, 0) is 47.2 Å². The summed E-state index contributed by atoms with van der Waals surface area (Å²) in [4.78, 5) is 19.2. The molecule has 1 aliphatic heterocycles. The number of rotatable bonds is 3. The number of pyridine rings is 1. The summed E-state index contributed by atoms with van der Waals surface area (Å²) in [6, 6.07) is 17.9. The van der Waals surface area contributed by atoms with Gasteiger partial charge in [0.15, 0.2) is 0 Å². The van der Waals surface area contributed by atoms with E-state index in [2.05, 4.69) is 31.8 Å². The van der Waals surface area contributed by atoms with Crippen LogP contribution >= 0.6 is 0 Å². The third kappa shape index (κ3) is 4.03. The van der Waals surface area contributed by atoms with E-state index in [4.69, 9.17) is 0 Å². The van der Waals surface area contributed by atoms with Crippen molar-refractivity contribution in [3.05, 3.63) is 77.5 Å². The van der Waals surface area contributed by atoms with Gasteiger partial charge in [0.2, 0.25) is 0 Å². The van der Waals surface area contributed by atoms with Crippen LogP contribution in [0.15, 0.2) is 60.8 Å². The predicted molar refractivity (Wildman–Crippen MR) is 116 cm³/mol. The number of carbonyl (C=O) groups is 1. The van der Waals surface area contributed by atoms with E-state index in [1.54, 1.807) is 4.90 Å². The number of β-amino-alcohol motifs (C(OH)–C–C–N with tert-alkyl or cyclic N) is 1. The van der Waals surface area contributed by atoms with E-state index >= 15 is 0 Å². The SMILES string of the molecule is CC(C)(C)c1ccc(C(=O)N2C[C@@H](Cc3ccnc4ccccc34)[C@@H](O)C2)cc1. The number of nitrogens with zero attached hydrogens (tertiary/aromatic N) is 2. The average molecular weight is 389 g/mol. The van der Waals surface area contributed by atoms with Crippen LogP contribution in [-0.4, -0.2) is 40.1 Å². The summed E-state index contributed by atoms with van der Waals surface area (Å²) in [6.45, 7) is 7.43. The molecule has 2 aromatic carbocycles. The van der Waals surface area contributed by atoms with Gasteiger partial charge >= 0.3 is 0 Å². The van der Waals surface area contributed by atoms with Gasteiger partial charge in [0, 0.05) is 36.2 Å². The van der Waals surface area contributed by atoms with Crippen LogP contribution < -0.4 is 0 Å². The Balaban J connectivity index is 1.49. The Morgan fingerprint density at radius 2 is 1.79 bits per heavy atom. The smallest absolute Gasteiger partial charge is 0.253 e. The standard InChI is InChI=1S/C25H28N2O2/c1-25(2,3)20-10-8-17(9-11-20)24(29)27-15-19(23(28)16-27)14-18-12-13-26-22-7-5-4-6-21(18)22/h4-13,19,23,28H,14-16H2,1-3H3/t19-,23+/m1/s1. The van der Waals surface area contributed by atoms with E-state index in [0.29, 0.717) is 18.7 Å². The molecular weight excluding hydrogens is 360 g/mol. The topological polar surface area (TPSA) is 53.4 Å². The maximum atomic E-state index is 13.0. The van der Waals surface area contributed by atoms with Gasteiger partial charge in [-0.1, -0.05) is 51.1 Å². The third-order valence-electron chi connectivity index (χ3n) is 5.91. The molecule has 0 saturated carbocycles. The lowest BCUT2D eigenvalue weighted by atomic mass is 9.86. The highest BCUT2D eigenvalue weighted by Crippen LogP contribution is 2.27. The molecule has 0 aliphatic carbocycles. The second kappa shape index (κ2) is 7.60. The summed E-state index contributed by atoms with van der Waals surface area (Å²) in [6.07, 6.45) is 2.04. The molecule has 4 rings (SSSR count). The molecule has 0 unspecified atom stereocenters. The van der Waals surface area contributed by atoms with Crippen molar-refractivity contribution in [1.29, 1.82) is 0 Å². The Hall–Kier alpha value is -2.72. The molecule has 1 fully saturated rings. The molecule has 2 atom stereocenters. The van der Waals surface area contributed by atoms with Gasteiger partial charge < -0.3 is 10.0 Å². The highest BCUT2D eigenvalue weighted by atomic mass is 16.3. The summed E-state index contributed by atoms with van der Waals surface area (Å²) >= 11 is 0. The molecule has 29 heavy (non-hydrogen) atoms. The number of fused-ring (bicyclic) bond motifs is 1. The van der Waals surface area contributed by atoms with Crippen molar-refractivity contribution in [3.8, 4) is 0 Å². The molecule has 1 aliphatic rings. The number of aromatic nitrogens is 1. The maximum absolute atomic E-state index is 13.0. The third-order valence-corrected chi connectivity index (χ3v) is 5.91. The van der Waals surface area contributed by atoms with Crippen molar-refractivity contribution >= 4 is 16.8 Å². The zero-order valence-electron chi connectivity index (χ0n) is 17.3. The highest BCUT2D eigenvalue weighted by molar-refractivity contribution is 5.94. The second-order valence-corrected chi connectivity index (χ2v) is 9.06. The molecule has 2 heterocycles. The van der Waals surface area contributed by atoms with Crippen LogP contribution in [0.25, 0.3) is 10.9 Å². The number of hydrogen-bond donors (Lipinski definition) is 1. The first-order valence-corrected chi connectivity index (χ1v) is 10.2. The fraction of sp³-hybridized carbons (Fsp3) is 0.360. The fourth-order valence-electron chi connectivity index (χ4n) is 4.13. The Labute approximate surface area is 172 Å². The molecule has 1 saturated heterocycles. The van der Waals surface area contributed by atoms with Gasteiger partial charge in [-0.2, -0.15) is 0 Å². The first-order valence-electron chi connectivity index (χ1n) is 10.2. The van der Waals surface area contributed by atoms with Crippen LogP contribution in [-0.2, 0) is 11.8 Å². The highest BCUT2D eigenvalue weighted by Gasteiger charge is 2.34. The van der Waals surface area contributed by atoms with Crippen molar-refractivity contribution in [2.45, 2.75) is 38.7 Å². The van der Waals surface area contributed by atoms with Crippen molar-refractivity contribution in [3.63, 3.8) is 0 Å². The number of amides is 1. The van der Waals surface area contributed by atoms with Gasteiger partial charge in [-0.3, -0.25) is 9.78 Å². The zero-order valence-corrected chi connectivity index (χ0v) is 17.3. The van der Waals surface area contributed by atoms with Gasteiger partial charge in [0.25, 0.3) is 5.91 Å². The van der Waals surface area contributed by atoms with Gasteiger partial charge in [0.05, 0.1) is 11.6 Å². The fourth-order valence-corrected chi connectivity index (χ4v) is 4.13. The number of para-hydroxylation sites is 1. The van der Waals surface area contributed by atoms with Gasteiger partial charge in [-0.15, -0.1) is 0 Å². The second-order valence-electron chi connectivity index (χ2n) is 9.06. The molecule has 4 nitrogen and oxygen atoms in total. The monoisotopic (exact) mass is 388 g/mol. The van der Waals surface area contributed by atoms with Crippen molar-refractivity contribution in [2.24, 2.45) is 5.92 Å². The molecule has 4 heteroatoms. The zero-order chi connectivity index (χ0) is 20.6. The minimum atomic E-state index is -0.514. The molecule has 0 bridgehead atoms. The summed E-state index contributed by atoms with van der Waals surface area (Å²) in [5.74, 6) is 0.0187. The number of aliphatic hydroxyl groups is 1. The van der Waals surface area contributed by atoms with Crippen molar-refractivity contribution in [1.82, 2.24) is 9.88 Å². The van der Waals surface area contributed by atoms with E-state index in [9.17, 15) is 9.90 Å². The quantitative estimate of drug-likeness (QED) is 0.731. The van der Waals surface area contributed by atoms with Crippen molar-refractivity contribution < 1.29 is 9.90 Å². The lowest BCUT2D eigenvalue weighted by Crippen LogP contribution is -2.29. The minimum Gasteiger partial charge on any atom is -0.391 e. The Bertz CT molecular complexity index is 1020. The van der Waals surface area contributed by atoms with Crippen LogP contribution in [0.2, 0.25) is 0 Å². The van der Waals surface area contributed by atoms with Gasteiger partial charge in [0.1, 0.15) is 0 Å². The largest absolute Gasteiger partial charge is 0.391 e. The summed E-state index contributed by atoms with van der Waals surface area (Å²) in [5, 5.41) is 11.7. The van der Waals surface area contributed by atoms with E-state index in [1.165, 1.54) is 11.1 Å². The van der Waals surface area contributed by atoms with Crippen LogP contribution in [0.1, 0.15) is 42.3 Å². The molecule has 1 N–H and O–H groups in total. The summed E-state index contributed by atoms with van der Waals surface area (Å²) in [7, 11) is 0. The molecule has 0 spiro atoms. The molecule has 0 radical (unpaired) electrons. The number of carbonyl (C=O) groups excluding carboxylic acids is 1. The lowest BCUT2D eigenvalue weighted by molar-refractivity contribution is 0.0764. The molecule has 150 valence electrons. The maximum Gasteiger partial charge on any atom is 0.253 e. The Morgan fingerprint density at radius 3 is 2.52 bits per heavy atom. The van der Waals surface area contributed by atoms with Crippen LogP contribution in [0.4, 0.5) is 0 Å². The van der Waals surface area contributed by atoms with Crippen molar-refractivity contribution in [2.75, 3.05) is 13.1 Å². The number of likely N-dealkylation sites (tertiary alicyclic amines) is 1. The minimum absolute atomic E-state index is 0.00778. The van der Waals surface area contributed by atoms with Crippen LogP contribution in [0.5, 0.6) is 0 Å². The van der Waals surface area contributed by atoms with Gasteiger partial charge in [-0.25, -0.2) is 0 Å². The van der Waals surface area contributed by atoms with E-state index in [0.717, 1.165) is 17.3 Å². The summed E-state index contributed by atoms with van der Waals surface area (Å²) in [5.41, 5.74) is 4.08. The normalized spacial score (nSPS) is 19.7. The number of benzene rings is 2. The predicted octanol–water partition coefficient (Wildman–Crippen LogP) is 4.21. The van der Waals surface area contributed by atoms with E-state index in [-0.39, 0.29) is 17.2 Å². The summed E-state index contributed by atoms with van der Waals surface area (Å²) < 4.78 is 0. The molecular formula is C25H28N2O2. The molecule has 1 amide bonds. The lowest BCUT2D eigenvalue weighted by Gasteiger charge is -2.20. The average Bonchev–Trinajstić information content (AvgIpc) is 3.07. The number of aliphatic hydroxyl groups excluding tert-OH is 1. The molecule has 1 aromatic heterocycles. The van der Waals surface area contributed by atoms with Crippen LogP contribution in [0, 0.1) is 5.92 Å². The molecule has 3 aromatic rings. The van der Waals surface area contributed by atoms with E-state index < -0.39 is 6.10 Å². The van der Waals surface area contributed by atoms with Crippen LogP contribution in [0.3, 0.4) is 0 Å². The Kier molecular flexibility index (Phi) is 5.13. The first kappa shape index (κ1) is 19.6. The Morgan fingerprint density at radius 1 is 1.07 bits per heavy atom. The number of hydrogen-bond acceptors (Lipinski definition) is 3. The first-order chi connectivity index (χ1) is 13.8. The van der Waals surface area contributed by atoms with E-state index in [1.807, 2.05) is 54.7 Å².